The van der Waals surface area contributed by atoms with Crippen LogP contribution in [0.3, 0.4) is 0 Å². The van der Waals surface area contributed by atoms with Crippen LogP contribution in [0.15, 0.2) is 0 Å². The fourth-order valence-electron chi connectivity index (χ4n) is 2.59. The summed E-state index contributed by atoms with van der Waals surface area (Å²) in [6, 6.07) is 1.46. The molecule has 2 unspecified atom stereocenters. The van der Waals surface area contributed by atoms with Gasteiger partial charge in [0.25, 0.3) is 0 Å². The van der Waals surface area contributed by atoms with Crippen LogP contribution in [0.1, 0.15) is 25.7 Å². The zero-order chi connectivity index (χ0) is 12.4. The maximum absolute atomic E-state index is 3.93. The molecule has 0 amide bonds. The first kappa shape index (κ1) is 14.4. The largest absolute Gasteiger partial charge is 0.333 e. The Morgan fingerprint density at radius 1 is 0.688 bits per heavy atom. The zero-order valence-corrected chi connectivity index (χ0v) is 14.0. The number of nitrogens with one attached hydrogen (secondary N) is 2. The van der Waals surface area contributed by atoms with Gasteiger partial charge in [-0.2, -0.15) is 0 Å². The summed E-state index contributed by atoms with van der Waals surface area (Å²) in [5.41, 5.74) is 0. The molecule has 0 heterocycles. The molecule has 1 fully saturated rings. The summed E-state index contributed by atoms with van der Waals surface area (Å²) in [4.78, 5) is 7.86. The molecule has 0 radical (unpaired) electrons. The Morgan fingerprint density at radius 2 is 1.00 bits per heavy atom. The first-order valence-electron chi connectivity index (χ1n) is 6.73. The highest BCUT2D eigenvalue weighted by atomic mass is 28.3. The Hall–Kier alpha value is 0.354. The van der Waals surface area contributed by atoms with Crippen LogP contribution in [0.5, 0.6) is 0 Å². The van der Waals surface area contributed by atoms with Gasteiger partial charge >= 0.3 is 0 Å². The van der Waals surface area contributed by atoms with Crippen LogP contribution in [0.4, 0.5) is 0 Å². The first-order chi connectivity index (χ1) is 7.17. The minimum absolute atomic E-state index is 0.729. The Bertz CT molecular complexity index is 194. The van der Waals surface area contributed by atoms with Crippen LogP contribution in [-0.4, -0.2) is 28.6 Å². The Labute approximate surface area is 104 Å². The highest BCUT2D eigenvalue weighted by molar-refractivity contribution is 6.74. The summed E-state index contributed by atoms with van der Waals surface area (Å²) in [7, 11) is -2.27. The van der Waals surface area contributed by atoms with Gasteiger partial charge in [0.05, 0.1) is 0 Å². The van der Waals surface area contributed by atoms with Crippen molar-refractivity contribution in [2.75, 3.05) is 0 Å². The summed E-state index contributed by atoms with van der Waals surface area (Å²) in [6.45, 7) is 14.5. The van der Waals surface area contributed by atoms with E-state index in [-0.39, 0.29) is 0 Å². The normalized spacial score (nSPS) is 28.1. The van der Waals surface area contributed by atoms with Crippen molar-refractivity contribution >= 4 is 16.5 Å². The quantitative estimate of drug-likeness (QED) is 0.757. The molecule has 0 aliphatic heterocycles. The molecule has 1 aliphatic rings. The Kier molecular flexibility index (Phi) is 4.81. The third-order valence-corrected chi connectivity index (χ3v) is 5.48. The number of hydrogen-bond donors (Lipinski definition) is 2. The van der Waals surface area contributed by atoms with Crippen molar-refractivity contribution in [2.24, 2.45) is 0 Å². The molecular formula is C12H30N2Si2. The van der Waals surface area contributed by atoms with Gasteiger partial charge in [0.15, 0.2) is 0 Å². The fourth-order valence-corrected chi connectivity index (χ4v) is 5.50. The maximum atomic E-state index is 3.93. The molecule has 1 saturated carbocycles. The molecule has 1 aliphatic carbocycles. The van der Waals surface area contributed by atoms with Crippen LogP contribution >= 0.6 is 0 Å². The molecule has 2 N–H and O–H groups in total. The second kappa shape index (κ2) is 5.33. The van der Waals surface area contributed by atoms with Gasteiger partial charge in [0.2, 0.25) is 0 Å². The maximum Gasteiger partial charge on any atom is 0.116 e. The SMILES string of the molecule is C[Si](C)(C)NC1CCCCC1N[Si](C)(C)C. The lowest BCUT2D eigenvalue weighted by atomic mass is 9.92. The minimum atomic E-state index is -1.14. The topological polar surface area (TPSA) is 24.1 Å². The molecular weight excluding hydrogens is 228 g/mol. The summed E-state index contributed by atoms with van der Waals surface area (Å²) in [5, 5.41) is 0. The molecule has 96 valence electrons. The number of hydrogen-bond acceptors (Lipinski definition) is 2. The van der Waals surface area contributed by atoms with E-state index in [0.29, 0.717) is 0 Å². The molecule has 0 spiro atoms. The molecule has 0 aromatic carbocycles. The smallest absolute Gasteiger partial charge is 0.116 e. The van der Waals surface area contributed by atoms with E-state index >= 15 is 0 Å². The molecule has 0 bridgehead atoms. The molecule has 2 atom stereocenters. The first-order valence-corrected chi connectivity index (χ1v) is 13.7. The monoisotopic (exact) mass is 258 g/mol. The average molecular weight is 259 g/mol. The summed E-state index contributed by atoms with van der Waals surface area (Å²) >= 11 is 0. The van der Waals surface area contributed by atoms with E-state index in [9.17, 15) is 0 Å². The van der Waals surface area contributed by atoms with Crippen molar-refractivity contribution < 1.29 is 0 Å². The van der Waals surface area contributed by atoms with E-state index in [2.05, 4.69) is 49.2 Å². The van der Waals surface area contributed by atoms with Crippen molar-refractivity contribution in [3.8, 4) is 0 Å². The second-order valence-electron chi connectivity index (χ2n) is 7.29. The van der Waals surface area contributed by atoms with Crippen LogP contribution in [0.2, 0.25) is 39.3 Å². The van der Waals surface area contributed by atoms with Crippen molar-refractivity contribution in [1.82, 2.24) is 9.96 Å². The summed E-state index contributed by atoms with van der Waals surface area (Å²) < 4.78 is 0. The minimum Gasteiger partial charge on any atom is -0.333 e. The van der Waals surface area contributed by atoms with Crippen LogP contribution in [0.25, 0.3) is 0 Å². The molecule has 0 aromatic rings. The standard InChI is InChI=1S/C12H30N2Si2/c1-15(2,3)13-11-9-7-8-10-12(11)14-16(4,5)6/h11-14H,7-10H2,1-6H3. The van der Waals surface area contributed by atoms with Crippen molar-refractivity contribution in [3.05, 3.63) is 0 Å². The van der Waals surface area contributed by atoms with E-state index in [1.165, 1.54) is 25.7 Å². The van der Waals surface area contributed by atoms with Crippen molar-refractivity contribution in [2.45, 2.75) is 77.0 Å². The van der Waals surface area contributed by atoms with E-state index in [1.807, 2.05) is 0 Å². The van der Waals surface area contributed by atoms with Gasteiger partial charge in [-0.15, -0.1) is 0 Å². The van der Waals surface area contributed by atoms with Crippen molar-refractivity contribution in [3.63, 3.8) is 0 Å². The van der Waals surface area contributed by atoms with Crippen LogP contribution in [0, 0.1) is 0 Å². The molecule has 16 heavy (non-hydrogen) atoms. The van der Waals surface area contributed by atoms with E-state index in [0.717, 1.165) is 12.1 Å². The lowest BCUT2D eigenvalue weighted by molar-refractivity contribution is 0.339. The lowest BCUT2D eigenvalue weighted by Gasteiger charge is -2.40. The summed E-state index contributed by atoms with van der Waals surface area (Å²) in [6.07, 6.45) is 5.55. The molecule has 0 saturated heterocycles. The molecule has 1 rings (SSSR count). The lowest BCUT2D eigenvalue weighted by Crippen LogP contribution is -2.61. The van der Waals surface area contributed by atoms with Gasteiger partial charge in [0, 0.05) is 12.1 Å². The molecule has 0 aromatic heterocycles. The second-order valence-corrected chi connectivity index (χ2v) is 16.9. The van der Waals surface area contributed by atoms with Gasteiger partial charge in [-0.25, -0.2) is 0 Å². The zero-order valence-electron chi connectivity index (χ0n) is 12.0. The van der Waals surface area contributed by atoms with Crippen molar-refractivity contribution in [1.29, 1.82) is 0 Å². The summed E-state index contributed by atoms with van der Waals surface area (Å²) in [5.74, 6) is 0. The third-order valence-electron chi connectivity index (χ3n) is 3.00. The highest BCUT2D eigenvalue weighted by Gasteiger charge is 2.31. The highest BCUT2D eigenvalue weighted by Crippen LogP contribution is 2.21. The van der Waals surface area contributed by atoms with Crippen LogP contribution < -0.4 is 9.96 Å². The van der Waals surface area contributed by atoms with Gasteiger partial charge in [-0.05, 0) is 12.8 Å². The van der Waals surface area contributed by atoms with Gasteiger partial charge in [-0.3, -0.25) is 0 Å². The van der Waals surface area contributed by atoms with E-state index in [1.54, 1.807) is 0 Å². The van der Waals surface area contributed by atoms with Gasteiger partial charge in [-0.1, -0.05) is 52.1 Å². The fraction of sp³-hybridized carbons (Fsp3) is 1.00. The molecule has 4 heteroatoms. The number of rotatable bonds is 4. The Balaban J connectivity index is 2.57. The predicted molar refractivity (Wildman–Crippen MR) is 79.0 cm³/mol. The van der Waals surface area contributed by atoms with E-state index < -0.39 is 16.5 Å². The van der Waals surface area contributed by atoms with Gasteiger partial charge in [0.1, 0.15) is 16.5 Å². The third kappa shape index (κ3) is 5.61. The average Bonchev–Trinajstić information content (AvgIpc) is 2.03. The van der Waals surface area contributed by atoms with E-state index in [4.69, 9.17) is 0 Å². The van der Waals surface area contributed by atoms with Gasteiger partial charge < -0.3 is 9.96 Å². The van der Waals surface area contributed by atoms with Crippen LogP contribution in [-0.2, 0) is 0 Å². The Morgan fingerprint density at radius 3 is 1.25 bits per heavy atom. The predicted octanol–water partition coefficient (Wildman–Crippen LogP) is 3.15. The molecule has 2 nitrogen and oxygen atoms in total.